The van der Waals surface area contributed by atoms with Crippen molar-refractivity contribution >= 4 is 17.5 Å². The number of carbonyl (C=O) groups is 1. The first-order valence-corrected chi connectivity index (χ1v) is 7.78. The van der Waals surface area contributed by atoms with Gasteiger partial charge in [-0.25, -0.2) is 0 Å². The lowest BCUT2D eigenvalue weighted by Gasteiger charge is -2.14. The zero-order valence-electron chi connectivity index (χ0n) is 13.9. The lowest BCUT2D eigenvalue weighted by Crippen LogP contribution is -2.28. The molecule has 2 aromatic carbocycles. The molecule has 0 bridgehead atoms. The summed E-state index contributed by atoms with van der Waals surface area (Å²) < 4.78 is 16.1. The zero-order valence-corrected chi connectivity index (χ0v) is 14.6. The molecule has 0 radical (unpaired) electrons. The Labute approximate surface area is 146 Å². The van der Waals surface area contributed by atoms with Gasteiger partial charge in [0.15, 0.2) is 6.61 Å². The fraction of sp³-hybridized carbons (Fsp3) is 0.278. The minimum atomic E-state index is -0.230. The molecule has 0 heterocycles. The van der Waals surface area contributed by atoms with Crippen LogP contribution >= 0.6 is 11.6 Å². The molecule has 0 aromatic heterocycles. The Hall–Kier alpha value is -2.40. The van der Waals surface area contributed by atoms with Gasteiger partial charge in [0.1, 0.15) is 17.2 Å². The molecular weight excluding hydrogens is 330 g/mol. The summed E-state index contributed by atoms with van der Waals surface area (Å²) in [6.07, 6.45) is 0. The molecule has 1 amide bonds. The fourth-order valence-electron chi connectivity index (χ4n) is 2.18. The van der Waals surface area contributed by atoms with Crippen molar-refractivity contribution in [3.8, 4) is 17.2 Å². The predicted molar refractivity (Wildman–Crippen MR) is 93.1 cm³/mol. The summed E-state index contributed by atoms with van der Waals surface area (Å²) >= 11 is 5.80. The average Bonchev–Trinajstić information content (AvgIpc) is 2.59. The summed E-state index contributed by atoms with van der Waals surface area (Å²) in [6, 6.07) is 10.6. The number of methoxy groups -OCH3 is 2. The molecule has 24 heavy (non-hydrogen) atoms. The summed E-state index contributed by atoms with van der Waals surface area (Å²) in [5.74, 6) is 1.81. The van der Waals surface area contributed by atoms with E-state index >= 15 is 0 Å². The molecule has 0 saturated heterocycles. The van der Waals surface area contributed by atoms with Gasteiger partial charge in [0, 0.05) is 17.1 Å². The van der Waals surface area contributed by atoms with Crippen LogP contribution in [0, 0.1) is 6.92 Å². The normalized spacial score (nSPS) is 10.2. The molecule has 128 valence electrons. The molecule has 0 atom stereocenters. The van der Waals surface area contributed by atoms with E-state index in [0.29, 0.717) is 23.1 Å². The van der Waals surface area contributed by atoms with Crippen LogP contribution in [0.1, 0.15) is 11.1 Å². The third-order valence-electron chi connectivity index (χ3n) is 3.46. The van der Waals surface area contributed by atoms with Gasteiger partial charge in [-0.2, -0.15) is 0 Å². The number of rotatable bonds is 7. The Bertz CT molecular complexity index is 701. The van der Waals surface area contributed by atoms with Crippen LogP contribution in [0.3, 0.4) is 0 Å². The van der Waals surface area contributed by atoms with E-state index in [1.807, 2.05) is 19.1 Å². The standard InChI is InChI=1S/C18H20ClNO4/c1-12-8-17(23-3)13(9-16(12)22-2)10-20-18(21)11-24-15-6-4-14(19)5-7-15/h4-9H,10-11H2,1-3H3,(H,20,21). The van der Waals surface area contributed by atoms with Gasteiger partial charge < -0.3 is 19.5 Å². The van der Waals surface area contributed by atoms with E-state index in [0.717, 1.165) is 16.9 Å². The molecule has 2 rings (SSSR count). The Morgan fingerprint density at radius 2 is 1.75 bits per heavy atom. The largest absolute Gasteiger partial charge is 0.496 e. The molecule has 0 aliphatic rings. The van der Waals surface area contributed by atoms with Crippen molar-refractivity contribution in [3.05, 3.63) is 52.5 Å². The number of hydrogen-bond donors (Lipinski definition) is 1. The van der Waals surface area contributed by atoms with Crippen LogP contribution in [0.5, 0.6) is 17.2 Å². The van der Waals surface area contributed by atoms with Crippen molar-refractivity contribution in [1.82, 2.24) is 5.32 Å². The van der Waals surface area contributed by atoms with Gasteiger partial charge in [-0.1, -0.05) is 11.6 Å². The minimum Gasteiger partial charge on any atom is -0.496 e. The van der Waals surface area contributed by atoms with Gasteiger partial charge in [0.05, 0.1) is 14.2 Å². The van der Waals surface area contributed by atoms with Crippen LogP contribution in [-0.2, 0) is 11.3 Å². The number of halogens is 1. The number of amides is 1. The topological polar surface area (TPSA) is 56.8 Å². The molecule has 0 spiro atoms. The molecular formula is C18H20ClNO4. The van der Waals surface area contributed by atoms with Crippen LogP contribution in [0.2, 0.25) is 5.02 Å². The lowest BCUT2D eigenvalue weighted by atomic mass is 10.1. The highest BCUT2D eigenvalue weighted by atomic mass is 35.5. The number of benzene rings is 2. The first-order chi connectivity index (χ1) is 11.5. The SMILES string of the molecule is COc1cc(CNC(=O)COc2ccc(Cl)cc2)c(OC)cc1C. The first-order valence-electron chi connectivity index (χ1n) is 7.40. The average molecular weight is 350 g/mol. The van der Waals surface area contributed by atoms with Gasteiger partial charge >= 0.3 is 0 Å². The van der Waals surface area contributed by atoms with Crippen LogP contribution in [0.15, 0.2) is 36.4 Å². The van der Waals surface area contributed by atoms with Gasteiger partial charge in [-0.05, 0) is 48.9 Å². The molecule has 0 aliphatic carbocycles. The molecule has 6 heteroatoms. The number of hydrogen-bond acceptors (Lipinski definition) is 4. The van der Waals surface area contributed by atoms with Gasteiger partial charge in [-0.3, -0.25) is 4.79 Å². The first kappa shape index (κ1) is 17.9. The monoisotopic (exact) mass is 349 g/mol. The summed E-state index contributed by atoms with van der Waals surface area (Å²) in [5, 5.41) is 3.42. The highest BCUT2D eigenvalue weighted by Crippen LogP contribution is 2.28. The number of nitrogens with one attached hydrogen (secondary N) is 1. The van der Waals surface area contributed by atoms with Crippen molar-refractivity contribution in [3.63, 3.8) is 0 Å². The maximum atomic E-state index is 11.9. The number of aryl methyl sites for hydroxylation is 1. The minimum absolute atomic E-state index is 0.0764. The Balaban J connectivity index is 1.92. The van der Waals surface area contributed by atoms with Crippen molar-refractivity contribution in [2.24, 2.45) is 0 Å². The van der Waals surface area contributed by atoms with Crippen LogP contribution < -0.4 is 19.5 Å². The highest BCUT2D eigenvalue weighted by molar-refractivity contribution is 6.30. The van der Waals surface area contributed by atoms with Crippen LogP contribution in [0.25, 0.3) is 0 Å². The van der Waals surface area contributed by atoms with Gasteiger partial charge in [0.2, 0.25) is 0 Å². The molecule has 0 unspecified atom stereocenters. The Kier molecular flexibility index (Phi) is 6.32. The summed E-state index contributed by atoms with van der Waals surface area (Å²) in [7, 11) is 3.20. The second-order valence-corrected chi connectivity index (χ2v) is 5.59. The van der Waals surface area contributed by atoms with Crippen molar-refractivity contribution < 1.29 is 19.0 Å². The molecule has 0 aliphatic heterocycles. The second kappa shape index (κ2) is 8.45. The quantitative estimate of drug-likeness (QED) is 0.832. The van der Waals surface area contributed by atoms with Gasteiger partial charge in [-0.15, -0.1) is 0 Å². The molecule has 5 nitrogen and oxygen atoms in total. The second-order valence-electron chi connectivity index (χ2n) is 5.15. The van der Waals surface area contributed by atoms with E-state index in [2.05, 4.69) is 5.32 Å². The van der Waals surface area contributed by atoms with E-state index in [4.69, 9.17) is 25.8 Å². The lowest BCUT2D eigenvalue weighted by molar-refractivity contribution is -0.123. The van der Waals surface area contributed by atoms with Crippen LogP contribution in [-0.4, -0.2) is 26.7 Å². The van der Waals surface area contributed by atoms with E-state index in [1.54, 1.807) is 38.5 Å². The third kappa shape index (κ3) is 4.80. The van der Waals surface area contributed by atoms with E-state index in [1.165, 1.54) is 0 Å². The summed E-state index contributed by atoms with van der Waals surface area (Å²) in [5.41, 5.74) is 1.80. The summed E-state index contributed by atoms with van der Waals surface area (Å²) in [6.45, 7) is 2.18. The van der Waals surface area contributed by atoms with Crippen molar-refractivity contribution in [2.75, 3.05) is 20.8 Å². The molecule has 2 aromatic rings. The molecule has 1 N–H and O–H groups in total. The Morgan fingerprint density at radius 1 is 1.08 bits per heavy atom. The van der Waals surface area contributed by atoms with E-state index in [9.17, 15) is 4.79 Å². The van der Waals surface area contributed by atoms with E-state index < -0.39 is 0 Å². The maximum Gasteiger partial charge on any atom is 0.258 e. The van der Waals surface area contributed by atoms with Crippen molar-refractivity contribution in [1.29, 1.82) is 0 Å². The van der Waals surface area contributed by atoms with Gasteiger partial charge in [0.25, 0.3) is 5.91 Å². The predicted octanol–water partition coefficient (Wildman–Crippen LogP) is 3.36. The van der Waals surface area contributed by atoms with Crippen LogP contribution in [0.4, 0.5) is 0 Å². The fourth-order valence-corrected chi connectivity index (χ4v) is 2.30. The smallest absolute Gasteiger partial charge is 0.258 e. The highest BCUT2D eigenvalue weighted by Gasteiger charge is 2.10. The maximum absolute atomic E-state index is 11.9. The summed E-state index contributed by atoms with van der Waals surface area (Å²) in [4.78, 5) is 11.9. The number of carbonyl (C=O) groups excluding carboxylic acids is 1. The van der Waals surface area contributed by atoms with Crippen molar-refractivity contribution in [2.45, 2.75) is 13.5 Å². The number of ether oxygens (including phenoxy) is 3. The molecule has 0 saturated carbocycles. The van der Waals surface area contributed by atoms with E-state index in [-0.39, 0.29) is 12.5 Å². The Morgan fingerprint density at radius 3 is 2.38 bits per heavy atom. The third-order valence-corrected chi connectivity index (χ3v) is 3.71. The molecule has 0 fully saturated rings. The zero-order chi connectivity index (χ0) is 17.5.